The minimum atomic E-state index is -0.647. The summed E-state index contributed by atoms with van der Waals surface area (Å²) in [5, 5.41) is 11.3. The normalized spacial score (nSPS) is 14.5. The molecular weight excluding hydrogens is 384 g/mol. The molecule has 30 heavy (non-hydrogen) atoms. The lowest BCUT2D eigenvalue weighted by Crippen LogP contribution is -2.20. The first-order valence-electron chi connectivity index (χ1n) is 9.46. The molecule has 3 rings (SSSR count). The Bertz CT molecular complexity index is 1010. The highest BCUT2D eigenvalue weighted by molar-refractivity contribution is 5.94. The Kier molecular flexibility index (Phi) is 6.71. The van der Waals surface area contributed by atoms with Crippen molar-refractivity contribution in [1.82, 2.24) is 0 Å². The first-order valence-corrected chi connectivity index (χ1v) is 9.46. The highest BCUT2D eigenvalue weighted by Crippen LogP contribution is 2.35. The number of methoxy groups -OCH3 is 1. The van der Waals surface area contributed by atoms with E-state index in [1.165, 1.54) is 6.08 Å². The highest BCUT2D eigenvalue weighted by Gasteiger charge is 2.21. The first-order chi connectivity index (χ1) is 14.5. The third-order valence-corrected chi connectivity index (χ3v) is 4.51. The number of hydrogen-bond acceptors (Lipinski definition) is 6. The summed E-state index contributed by atoms with van der Waals surface area (Å²) in [5.74, 6) is 0.304. The molecule has 154 valence electrons. The maximum absolute atomic E-state index is 12.0. The fraction of sp³-hybridized carbons (Fsp3) is 0.261. The number of carbonyl (C=O) groups is 2. The number of ether oxygens (including phenoxy) is 3. The number of nitriles is 1. The highest BCUT2D eigenvalue weighted by atomic mass is 16.5. The average molecular weight is 406 g/mol. The van der Waals surface area contributed by atoms with Gasteiger partial charge >= 0.3 is 5.97 Å². The number of esters is 1. The van der Waals surface area contributed by atoms with E-state index in [1.807, 2.05) is 19.1 Å². The van der Waals surface area contributed by atoms with Crippen molar-refractivity contribution in [2.24, 2.45) is 0 Å². The molecule has 7 heteroatoms. The van der Waals surface area contributed by atoms with Crippen molar-refractivity contribution in [2.75, 3.05) is 19.0 Å². The fourth-order valence-electron chi connectivity index (χ4n) is 3.10. The molecule has 0 aromatic heterocycles. The van der Waals surface area contributed by atoms with Crippen LogP contribution in [-0.2, 0) is 27.2 Å². The van der Waals surface area contributed by atoms with Crippen molar-refractivity contribution < 1.29 is 23.8 Å². The van der Waals surface area contributed by atoms with Gasteiger partial charge in [-0.1, -0.05) is 12.1 Å². The molecule has 1 amide bonds. The summed E-state index contributed by atoms with van der Waals surface area (Å²) in [6, 6.07) is 12.7. The van der Waals surface area contributed by atoms with Crippen LogP contribution >= 0.6 is 0 Å². The second-order valence-electron chi connectivity index (χ2n) is 6.86. The van der Waals surface area contributed by atoms with Gasteiger partial charge in [0, 0.05) is 29.3 Å². The van der Waals surface area contributed by atoms with Crippen LogP contribution in [0.25, 0.3) is 6.08 Å². The van der Waals surface area contributed by atoms with Crippen molar-refractivity contribution in [3.63, 3.8) is 0 Å². The minimum absolute atomic E-state index is 0.106. The molecule has 1 aliphatic heterocycles. The molecule has 0 radical (unpaired) electrons. The maximum Gasteiger partial charge on any atom is 0.331 e. The standard InChI is InChI=1S/C23H22N2O5/c1-15-11-18-13-20(28-2)17(12-21(18)30-15)5-8-23(27)29-14-22(26)25-19-6-3-16(4-7-19)9-10-24/h3-8,12-13,15H,9,11,14H2,1-2H3,(H,25,26)/b8-5+/t15-/m1/s1. The molecular formula is C23H22N2O5. The number of fused-ring (bicyclic) bond motifs is 1. The quantitative estimate of drug-likeness (QED) is 0.560. The molecule has 0 saturated heterocycles. The molecule has 0 spiro atoms. The van der Waals surface area contributed by atoms with E-state index < -0.39 is 18.5 Å². The SMILES string of the molecule is COc1cc2c(cc1/C=C/C(=O)OCC(=O)Nc1ccc(CC#N)cc1)O[C@H](C)C2. The monoisotopic (exact) mass is 406 g/mol. The summed E-state index contributed by atoms with van der Waals surface area (Å²) < 4.78 is 16.1. The zero-order valence-electron chi connectivity index (χ0n) is 16.8. The molecule has 0 bridgehead atoms. The van der Waals surface area contributed by atoms with E-state index in [2.05, 4.69) is 11.4 Å². The number of rotatable bonds is 7. The van der Waals surface area contributed by atoms with E-state index in [0.717, 1.165) is 23.3 Å². The predicted octanol–water partition coefficient (Wildman–Crippen LogP) is 3.28. The summed E-state index contributed by atoms with van der Waals surface area (Å²) in [6.45, 7) is 1.58. The number of nitrogens with zero attached hydrogens (tertiary/aromatic N) is 1. The van der Waals surface area contributed by atoms with Crippen LogP contribution in [0.5, 0.6) is 11.5 Å². The zero-order valence-corrected chi connectivity index (χ0v) is 16.8. The lowest BCUT2D eigenvalue weighted by Gasteiger charge is -2.08. The van der Waals surface area contributed by atoms with Gasteiger partial charge in [-0.05, 0) is 42.8 Å². The summed E-state index contributed by atoms with van der Waals surface area (Å²) in [6.07, 6.45) is 4.04. The number of nitrogens with one attached hydrogen (secondary N) is 1. The molecule has 7 nitrogen and oxygen atoms in total. The van der Waals surface area contributed by atoms with Crippen LogP contribution < -0.4 is 14.8 Å². The third kappa shape index (κ3) is 5.39. The Morgan fingerprint density at radius 1 is 1.30 bits per heavy atom. The Balaban J connectivity index is 1.53. The Morgan fingerprint density at radius 2 is 2.07 bits per heavy atom. The number of anilines is 1. The average Bonchev–Trinajstić information content (AvgIpc) is 3.10. The lowest BCUT2D eigenvalue weighted by atomic mass is 10.1. The summed E-state index contributed by atoms with van der Waals surface area (Å²) in [4.78, 5) is 23.9. The number of amides is 1. The molecule has 0 fully saturated rings. The molecule has 1 N–H and O–H groups in total. The van der Waals surface area contributed by atoms with Crippen molar-refractivity contribution in [1.29, 1.82) is 5.26 Å². The first kappa shape index (κ1) is 20.9. The minimum Gasteiger partial charge on any atom is -0.496 e. The molecule has 2 aromatic rings. The number of benzene rings is 2. The smallest absolute Gasteiger partial charge is 0.331 e. The van der Waals surface area contributed by atoms with Crippen molar-refractivity contribution in [3.8, 4) is 17.6 Å². The molecule has 1 heterocycles. The second-order valence-corrected chi connectivity index (χ2v) is 6.86. The zero-order chi connectivity index (χ0) is 21.5. The molecule has 0 unspecified atom stereocenters. The van der Waals surface area contributed by atoms with Gasteiger partial charge in [0.1, 0.15) is 17.6 Å². The van der Waals surface area contributed by atoms with Crippen LogP contribution in [0.1, 0.15) is 23.6 Å². The molecule has 0 saturated carbocycles. The van der Waals surface area contributed by atoms with E-state index in [4.69, 9.17) is 19.5 Å². The van der Waals surface area contributed by atoms with Gasteiger partial charge in [-0.2, -0.15) is 5.26 Å². The van der Waals surface area contributed by atoms with Gasteiger partial charge < -0.3 is 19.5 Å². The summed E-state index contributed by atoms with van der Waals surface area (Å²) in [5.41, 5.74) is 3.17. The summed E-state index contributed by atoms with van der Waals surface area (Å²) in [7, 11) is 1.56. The largest absolute Gasteiger partial charge is 0.496 e. The van der Waals surface area contributed by atoms with Crippen LogP contribution in [0.15, 0.2) is 42.5 Å². The lowest BCUT2D eigenvalue weighted by molar-refractivity contribution is -0.142. The van der Waals surface area contributed by atoms with Crippen molar-refractivity contribution in [3.05, 3.63) is 59.2 Å². The molecule has 0 aliphatic carbocycles. The third-order valence-electron chi connectivity index (χ3n) is 4.51. The van der Waals surface area contributed by atoms with Gasteiger partial charge in [-0.25, -0.2) is 4.79 Å². The summed E-state index contributed by atoms with van der Waals surface area (Å²) >= 11 is 0. The second kappa shape index (κ2) is 9.61. The van der Waals surface area contributed by atoms with Gasteiger partial charge in [-0.3, -0.25) is 4.79 Å². The van der Waals surface area contributed by atoms with E-state index in [1.54, 1.807) is 37.5 Å². The van der Waals surface area contributed by atoms with E-state index in [9.17, 15) is 9.59 Å². The van der Waals surface area contributed by atoms with Gasteiger partial charge in [0.15, 0.2) is 6.61 Å². The van der Waals surface area contributed by atoms with E-state index in [-0.39, 0.29) is 6.10 Å². The topological polar surface area (TPSA) is 97.6 Å². The molecule has 1 atom stereocenters. The van der Waals surface area contributed by atoms with E-state index >= 15 is 0 Å². The number of carbonyl (C=O) groups excluding carboxylic acids is 2. The van der Waals surface area contributed by atoms with Crippen LogP contribution in [-0.4, -0.2) is 31.7 Å². The van der Waals surface area contributed by atoms with Crippen LogP contribution in [0.4, 0.5) is 5.69 Å². The number of hydrogen-bond donors (Lipinski definition) is 1. The van der Waals surface area contributed by atoms with Crippen molar-refractivity contribution in [2.45, 2.75) is 25.9 Å². The Morgan fingerprint density at radius 3 is 2.77 bits per heavy atom. The van der Waals surface area contributed by atoms with Crippen LogP contribution in [0, 0.1) is 11.3 Å². The molecule has 1 aliphatic rings. The van der Waals surface area contributed by atoms with Gasteiger partial charge in [0.05, 0.1) is 19.6 Å². The van der Waals surface area contributed by atoms with Crippen LogP contribution in [0.2, 0.25) is 0 Å². The van der Waals surface area contributed by atoms with Crippen LogP contribution in [0.3, 0.4) is 0 Å². The van der Waals surface area contributed by atoms with Gasteiger partial charge in [-0.15, -0.1) is 0 Å². The predicted molar refractivity (Wildman–Crippen MR) is 111 cm³/mol. The van der Waals surface area contributed by atoms with Crippen molar-refractivity contribution >= 4 is 23.6 Å². The molecule has 2 aromatic carbocycles. The fourth-order valence-corrected chi connectivity index (χ4v) is 3.10. The maximum atomic E-state index is 12.0. The van der Waals surface area contributed by atoms with Gasteiger partial charge in [0.25, 0.3) is 5.91 Å². The van der Waals surface area contributed by atoms with Gasteiger partial charge in [0.2, 0.25) is 0 Å². The Hall–Kier alpha value is -3.79. The van der Waals surface area contributed by atoms with E-state index in [0.29, 0.717) is 23.4 Å². The Labute approximate surface area is 174 Å².